The molecule has 1 fully saturated rings. The van der Waals surface area contributed by atoms with Crippen LogP contribution in [0.4, 0.5) is 15.9 Å². The predicted molar refractivity (Wildman–Crippen MR) is 116 cm³/mol. The SMILES string of the molecule is Cc1nccc(N2CCCc3nc(C4(NC(=O)c5ccc(F)cc5)CC4C)ccc32)n1. The molecule has 31 heavy (non-hydrogen) atoms. The van der Waals surface area contributed by atoms with Gasteiger partial charge in [-0.25, -0.2) is 14.4 Å². The van der Waals surface area contributed by atoms with Crippen LogP contribution in [0, 0.1) is 18.7 Å². The Labute approximate surface area is 180 Å². The maximum Gasteiger partial charge on any atom is 0.252 e. The van der Waals surface area contributed by atoms with E-state index in [0.717, 1.165) is 54.5 Å². The fraction of sp³-hybridized carbons (Fsp3) is 0.333. The Balaban J connectivity index is 1.44. The van der Waals surface area contributed by atoms with Gasteiger partial charge in [-0.15, -0.1) is 0 Å². The van der Waals surface area contributed by atoms with Gasteiger partial charge in [-0.2, -0.15) is 0 Å². The number of pyridine rings is 1. The van der Waals surface area contributed by atoms with E-state index in [-0.39, 0.29) is 17.6 Å². The van der Waals surface area contributed by atoms with E-state index in [1.165, 1.54) is 24.3 Å². The number of nitrogens with one attached hydrogen (secondary N) is 1. The van der Waals surface area contributed by atoms with E-state index in [4.69, 9.17) is 4.98 Å². The van der Waals surface area contributed by atoms with Crippen molar-refractivity contribution in [2.45, 2.75) is 38.6 Å². The first kappa shape index (κ1) is 19.6. The quantitative estimate of drug-likeness (QED) is 0.693. The Morgan fingerprint density at radius 1 is 1.16 bits per heavy atom. The molecule has 0 spiro atoms. The zero-order valence-corrected chi connectivity index (χ0v) is 17.6. The van der Waals surface area contributed by atoms with Gasteiger partial charge < -0.3 is 10.2 Å². The third-order valence-electron chi connectivity index (χ3n) is 6.28. The topological polar surface area (TPSA) is 71.0 Å². The molecule has 1 amide bonds. The zero-order valence-electron chi connectivity index (χ0n) is 17.6. The number of amides is 1. The number of hydrogen-bond donors (Lipinski definition) is 1. The van der Waals surface area contributed by atoms with E-state index in [0.29, 0.717) is 5.56 Å². The molecular weight excluding hydrogens is 393 g/mol. The summed E-state index contributed by atoms with van der Waals surface area (Å²) in [6.07, 6.45) is 4.48. The largest absolute Gasteiger partial charge is 0.341 e. The first-order valence-corrected chi connectivity index (χ1v) is 10.6. The summed E-state index contributed by atoms with van der Waals surface area (Å²) in [7, 11) is 0. The third-order valence-corrected chi connectivity index (χ3v) is 6.28. The zero-order chi connectivity index (χ0) is 21.6. The van der Waals surface area contributed by atoms with Gasteiger partial charge in [0, 0.05) is 18.3 Å². The average Bonchev–Trinajstić information content (AvgIpc) is 3.43. The molecule has 1 aromatic carbocycles. The van der Waals surface area contributed by atoms with Gasteiger partial charge in [-0.1, -0.05) is 6.92 Å². The molecule has 7 heteroatoms. The van der Waals surface area contributed by atoms with Crippen LogP contribution >= 0.6 is 0 Å². The highest BCUT2D eigenvalue weighted by Crippen LogP contribution is 2.51. The lowest BCUT2D eigenvalue weighted by atomic mass is 10.0. The Morgan fingerprint density at radius 2 is 1.94 bits per heavy atom. The molecule has 1 saturated carbocycles. The standard InChI is InChI=1S/C24H24FN5O/c1-15-14-24(15,29-23(31)17-5-7-18(25)8-6-17)21-10-9-20-19(28-21)4-3-13-30(20)22-11-12-26-16(2)27-22/h5-12,15H,3-4,13-14H2,1-2H3,(H,29,31). The van der Waals surface area contributed by atoms with Gasteiger partial charge in [-0.05, 0) is 74.6 Å². The highest BCUT2D eigenvalue weighted by molar-refractivity contribution is 5.95. The second-order valence-electron chi connectivity index (χ2n) is 8.42. The number of carbonyl (C=O) groups is 1. The molecule has 1 aliphatic carbocycles. The minimum Gasteiger partial charge on any atom is -0.341 e. The molecule has 0 bridgehead atoms. The summed E-state index contributed by atoms with van der Waals surface area (Å²) in [6.45, 7) is 4.88. The Kier molecular flexibility index (Phi) is 4.68. The summed E-state index contributed by atoms with van der Waals surface area (Å²) >= 11 is 0. The minimum atomic E-state index is -0.478. The van der Waals surface area contributed by atoms with Crippen LogP contribution in [-0.4, -0.2) is 27.4 Å². The number of aromatic nitrogens is 3. The summed E-state index contributed by atoms with van der Waals surface area (Å²) < 4.78 is 13.2. The van der Waals surface area contributed by atoms with Crippen molar-refractivity contribution in [3.05, 3.63) is 77.3 Å². The molecular formula is C24H24FN5O. The first-order chi connectivity index (χ1) is 15.0. The maximum atomic E-state index is 13.2. The molecule has 6 nitrogen and oxygen atoms in total. The molecule has 1 N–H and O–H groups in total. The fourth-order valence-electron chi connectivity index (χ4n) is 4.42. The molecule has 5 rings (SSSR count). The van der Waals surface area contributed by atoms with Gasteiger partial charge >= 0.3 is 0 Å². The lowest BCUT2D eigenvalue weighted by Gasteiger charge is -2.31. The summed E-state index contributed by atoms with van der Waals surface area (Å²) in [6, 6.07) is 11.6. The number of fused-ring (bicyclic) bond motifs is 1. The third kappa shape index (κ3) is 3.54. The van der Waals surface area contributed by atoms with Gasteiger partial charge in [0.2, 0.25) is 0 Å². The van der Waals surface area contributed by atoms with E-state index in [1.54, 1.807) is 6.20 Å². The van der Waals surface area contributed by atoms with Crippen molar-refractivity contribution in [2.75, 3.05) is 11.4 Å². The maximum absolute atomic E-state index is 13.2. The molecule has 2 atom stereocenters. The van der Waals surface area contributed by atoms with Crippen molar-refractivity contribution in [3.8, 4) is 0 Å². The van der Waals surface area contributed by atoms with Crippen LogP contribution in [0.3, 0.4) is 0 Å². The lowest BCUT2D eigenvalue weighted by molar-refractivity contribution is 0.0926. The van der Waals surface area contributed by atoms with E-state index in [9.17, 15) is 9.18 Å². The average molecular weight is 417 g/mol. The van der Waals surface area contributed by atoms with Crippen LogP contribution in [0.15, 0.2) is 48.7 Å². The molecule has 2 aliphatic rings. The molecule has 3 heterocycles. The Hall–Kier alpha value is -3.35. The highest BCUT2D eigenvalue weighted by Gasteiger charge is 2.55. The summed E-state index contributed by atoms with van der Waals surface area (Å²) in [5.41, 5.74) is 2.93. The Morgan fingerprint density at radius 3 is 2.65 bits per heavy atom. The van der Waals surface area contributed by atoms with E-state index < -0.39 is 5.54 Å². The smallest absolute Gasteiger partial charge is 0.252 e. The van der Waals surface area contributed by atoms with Crippen LogP contribution < -0.4 is 10.2 Å². The van der Waals surface area contributed by atoms with Crippen molar-refractivity contribution < 1.29 is 9.18 Å². The van der Waals surface area contributed by atoms with E-state index >= 15 is 0 Å². The molecule has 1 aliphatic heterocycles. The number of anilines is 2. The minimum absolute atomic E-state index is 0.207. The van der Waals surface area contributed by atoms with Gasteiger partial charge in [-0.3, -0.25) is 9.78 Å². The van der Waals surface area contributed by atoms with Crippen LogP contribution in [0.5, 0.6) is 0 Å². The van der Waals surface area contributed by atoms with Gasteiger partial charge in [0.05, 0.1) is 22.6 Å². The van der Waals surface area contributed by atoms with Crippen LogP contribution in [0.25, 0.3) is 0 Å². The molecule has 2 unspecified atom stereocenters. The molecule has 0 saturated heterocycles. The normalized spacial score (nSPS) is 22.0. The molecule has 0 radical (unpaired) electrons. The number of benzene rings is 1. The van der Waals surface area contributed by atoms with Crippen LogP contribution in [0.1, 0.15) is 47.3 Å². The highest BCUT2D eigenvalue weighted by atomic mass is 19.1. The number of halogens is 1. The van der Waals surface area contributed by atoms with Gasteiger partial charge in [0.15, 0.2) is 0 Å². The summed E-state index contributed by atoms with van der Waals surface area (Å²) in [5.74, 6) is 1.34. The first-order valence-electron chi connectivity index (χ1n) is 10.6. The van der Waals surface area contributed by atoms with Gasteiger partial charge in [0.25, 0.3) is 5.91 Å². The fourth-order valence-corrected chi connectivity index (χ4v) is 4.42. The number of carbonyl (C=O) groups excluding carboxylic acids is 1. The van der Waals surface area contributed by atoms with Crippen LogP contribution in [-0.2, 0) is 12.0 Å². The predicted octanol–water partition coefficient (Wildman–Crippen LogP) is 4.07. The van der Waals surface area contributed by atoms with Crippen molar-refractivity contribution in [2.24, 2.45) is 5.92 Å². The van der Waals surface area contributed by atoms with Crippen molar-refractivity contribution in [1.29, 1.82) is 0 Å². The van der Waals surface area contributed by atoms with Crippen molar-refractivity contribution in [3.63, 3.8) is 0 Å². The van der Waals surface area contributed by atoms with E-state index in [1.807, 2.05) is 19.1 Å². The van der Waals surface area contributed by atoms with Gasteiger partial charge in [0.1, 0.15) is 17.5 Å². The second kappa shape index (κ2) is 7.41. The molecule has 2 aromatic heterocycles. The van der Waals surface area contributed by atoms with E-state index in [2.05, 4.69) is 33.2 Å². The Bertz CT molecular complexity index is 1150. The summed E-state index contributed by atoms with van der Waals surface area (Å²) in [4.78, 5) is 28.8. The number of nitrogens with zero attached hydrogens (tertiary/aromatic N) is 4. The molecule has 3 aromatic rings. The molecule has 158 valence electrons. The second-order valence-corrected chi connectivity index (χ2v) is 8.42. The number of hydrogen-bond acceptors (Lipinski definition) is 5. The van der Waals surface area contributed by atoms with Crippen molar-refractivity contribution >= 4 is 17.4 Å². The van der Waals surface area contributed by atoms with Crippen LogP contribution in [0.2, 0.25) is 0 Å². The monoisotopic (exact) mass is 417 g/mol. The number of aryl methyl sites for hydroxylation is 2. The lowest BCUT2D eigenvalue weighted by Crippen LogP contribution is -2.37. The number of rotatable bonds is 4. The summed E-state index contributed by atoms with van der Waals surface area (Å²) in [5, 5.41) is 3.17. The van der Waals surface area contributed by atoms with Crippen molar-refractivity contribution in [1.82, 2.24) is 20.3 Å².